The van der Waals surface area contributed by atoms with Crippen molar-refractivity contribution in [2.24, 2.45) is 10.9 Å². The number of rotatable bonds is 7. The molecule has 1 aromatic rings. The predicted molar refractivity (Wildman–Crippen MR) is 137 cm³/mol. The van der Waals surface area contributed by atoms with Crippen LogP contribution < -0.4 is 10.6 Å². The Balaban J connectivity index is 0.00000300. The van der Waals surface area contributed by atoms with Crippen molar-refractivity contribution in [3.05, 3.63) is 22.4 Å². The SMILES string of the molecule is CCNC(=NCC1CCN(Cc2cccs2)CC1)NC1CCN(C(C)C)CC1.I. The van der Waals surface area contributed by atoms with Crippen molar-refractivity contribution >= 4 is 41.3 Å². The van der Waals surface area contributed by atoms with Crippen LogP contribution in [0.4, 0.5) is 0 Å². The maximum atomic E-state index is 4.95. The zero-order valence-electron chi connectivity index (χ0n) is 18.4. The highest BCUT2D eigenvalue weighted by Crippen LogP contribution is 2.21. The summed E-state index contributed by atoms with van der Waals surface area (Å²) in [7, 11) is 0. The minimum atomic E-state index is 0. The van der Waals surface area contributed by atoms with Gasteiger partial charge >= 0.3 is 0 Å². The van der Waals surface area contributed by atoms with Crippen molar-refractivity contribution in [1.82, 2.24) is 20.4 Å². The number of guanidine groups is 1. The lowest BCUT2D eigenvalue weighted by molar-refractivity contribution is 0.167. The Labute approximate surface area is 198 Å². The number of piperidine rings is 2. The second kappa shape index (κ2) is 13.1. The molecule has 2 N–H and O–H groups in total. The van der Waals surface area contributed by atoms with Crippen LogP contribution in [-0.4, -0.2) is 67.1 Å². The molecule has 0 bridgehead atoms. The van der Waals surface area contributed by atoms with Crippen molar-refractivity contribution in [3.63, 3.8) is 0 Å². The van der Waals surface area contributed by atoms with Crippen LogP contribution in [0.3, 0.4) is 0 Å². The van der Waals surface area contributed by atoms with E-state index in [2.05, 4.69) is 58.7 Å². The molecule has 2 aliphatic rings. The molecule has 0 spiro atoms. The molecule has 166 valence electrons. The highest BCUT2D eigenvalue weighted by atomic mass is 127. The average Bonchev–Trinajstić information content (AvgIpc) is 3.21. The van der Waals surface area contributed by atoms with Crippen molar-refractivity contribution in [2.75, 3.05) is 39.3 Å². The molecule has 0 saturated carbocycles. The third kappa shape index (κ3) is 8.34. The van der Waals surface area contributed by atoms with E-state index in [4.69, 9.17) is 4.99 Å². The lowest BCUT2D eigenvalue weighted by atomic mass is 9.97. The molecule has 3 heterocycles. The summed E-state index contributed by atoms with van der Waals surface area (Å²) in [6.45, 7) is 14.5. The first kappa shape index (κ1) is 24.9. The van der Waals surface area contributed by atoms with E-state index in [0.29, 0.717) is 12.1 Å². The summed E-state index contributed by atoms with van der Waals surface area (Å²) in [4.78, 5) is 11.6. The number of hydrogen-bond donors (Lipinski definition) is 2. The van der Waals surface area contributed by atoms with E-state index in [-0.39, 0.29) is 24.0 Å². The summed E-state index contributed by atoms with van der Waals surface area (Å²) in [5.74, 6) is 1.74. The first-order valence-corrected chi connectivity index (χ1v) is 12.1. The van der Waals surface area contributed by atoms with Gasteiger partial charge in [0.25, 0.3) is 0 Å². The minimum Gasteiger partial charge on any atom is -0.357 e. The van der Waals surface area contributed by atoms with Gasteiger partial charge in [-0.25, -0.2) is 0 Å². The first-order valence-electron chi connectivity index (χ1n) is 11.2. The Morgan fingerprint density at radius 2 is 1.90 bits per heavy atom. The Hall–Kier alpha value is -0.380. The van der Waals surface area contributed by atoms with Crippen LogP contribution in [0, 0.1) is 5.92 Å². The van der Waals surface area contributed by atoms with Crippen molar-refractivity contribution in [3.8, 4) is 0 Å². The van der Waals surface area contributed by atoms with E-state index in [1.165, 1.54) is 56.7 Å². The Morgan fingerprint density at radius 1 is 1.17 bits per heavy atom. The monoisotopic (exact) mass is 533 g/mol. The highest BCUT2D eigenvalue weighted by Gasteiger charge is 2.22. The van der Waals surface area contributed by atoms with Gasteiger partial charge in [-0.2, -0.15) is 0 Å². The molecule has 3 rings (SSSR count). The summed E-state index contributed by atoms with van der Waals surface area (Å²) in [5, 5.41) is 9.34. The molecule has 0 aliphatic carbocycles. The number of likely N-dealkylation sites (tertiary alicyclic amines) is 2. The summed E-state index contributed by atoms with van der Waals surface area (Å²) < 4.78 is 0. The molecule has 0 aromatic carbocycles. The van der Waals surface area contributed by atoms with E-state index < -0.39 is 0 Å². The van der Waals surface area contributed by atoms with Gasteiger partial charge in [-0.3, -0.25) is 9.89 Å². The number of halogens is 1. The second-order valence-corrected chi connectivity index (χ2v) is 9.60. The highest BCUT2D eigenvalue weighted by molar-refractivity contribution is 14.0. The third-order valence-corrected chi connectivity index (χ3v) is 6.98. The number of thiophene rings is 1. The molecule has 0 atom stereocenters. The van der Waals surface area contributed by atoms with Crippen LogP contribution in [0.2, 0.25) is 0 Å². The fourth-order valence-electron chi connectivity index (χ4n) is 4.24. The van der Waals surface area contributed by atoms with Gasteiger partial charge in [0, 0.05) is 49.7 Å². The van der Waals surface area contributed by atoms with Gasteiger partial charge in [0.2, 0.25) is 0 Å². The predicted octanol–water partition coefficient (Wildman–Crippen LogP) is 4.01. The molecule has 0 unspecified atom stereocenters. The van der Waals surface area contributed by atoms with Crippen molar-refractivity contribution in [1.29, 1.82) is 0 Å². The molecule has 29 heavy (non-hydrogen) atoms. The van der Waals surface area contributed by atoms with Crippen LogP contribution in [-0.2, 0) is 6.54 Å². The van der Waals surface area contributed by atoms with Gasteiger partial charge in [-0.1, -0.05) is 6.07 Å². The Bertz CT molecular complexity index is 576. The van der Waals surface area contributed by atoms with Crippen LogP contribution in [0.25, 0.3) is 0 Å². The molecule has 7 heteroatoms. The van der Waals surface area contributed by atoms with Gasteiger partial charge in [0.1, 0.15) is 0 Å². The average molecular weight is 534 g/mol. The Kier molecular flexibility index (Phi) is 11.3. The Morgan fingerprint density at radius 3 is 2.48 bits per heavy atom. The topological polar surface area (TPSA) is 42.9 Å². The van der Waals surface area contributed by atoms with E-state index in [1.807, 2.05) is 11.3 Å². The molecule has 2 saturated heterocycles. The number of aliphatic imine (C=N–C) groups is 1. The van der Waals surface area contributed by atoms with Crippen molar-refractivity contribution < 1.29 is 0 Å². The largest absolute Gasteiger partial charge is 0.357 e. The van der Waals surface area contributed by atoms with Gasteiger partial charge in [-0.15, -0.1) is 35.3 Å². The molecule has 0 amide bonds. The lowest BCUT2D eigenvalue weighted by Crippen LogP contribution is -2.50. The number of hydrogen-bond acceptors (Lipinski definition) is 4. The third-order valence-electron chi connectivity index (χ3n) is 6.12. The number of nitrogens with one attached hydrogen (secondary N) is 2. The second-order valence-electron chi connectivity index (χ2n) is 8.57. The summed E-state index contributed by atoms with van der Waals surface area (Å²) in [6.07, 6.45) is 4.95. The van der Waals surface area contributed by atoms with Gasteiger partial charge < -0.3 is 15.5 Å². The standard InChI is InChI=1S/C22H39N5S.HI/c1-4-23-22(25-20-9-13-27(14-10-20)18(2)3)24-16-19-7-11-26(12-8-19)17-21-6-5-15-28-21;/h5-6,15,18-20H,4,7-14,16-17H2,1-3H3,(H2,23,24,25);1H. The van der Waals surface area contributed by atoms with E-state index in [0.717, 1.165) is 31.5 Å². The van der Waals surface area contributed by atoms with Crippen LogP contribution in [0.5, 0.6) is 0 Å². The van der Waals surface area contributed by atoms with E-state index in [9.17, 15) is 0 Å². The van der Waals surface area contributed by atoms with Crippen LogP contribution >= 0.6 is 35.3 Å². The zero-order chi connectivity index (χ0) is 19.8. The molecule has 0 radical (unpaired) electrons. The quantitative estimate of drug-likeness (QED) is 0.316. The molecular weight excluding hydrogens is 493 g/mol. The molecule has 1 aromatic heterocycles. The van der Waals surface area contributed by atoms with Gasteiger partial charge in [0.05, 0.1) is 0 Å². The van der Waals surface area contributed by atoms with Gasteiger partial charge in [0.15, 0.2) is 5.96 Å². The maximum Gasteiger partial charge on any atom is 0.191 e. The first-order chi connectivity index (χ1) is 13.6. The maximum absolute atomic E-state index is 4.95. The van der Waals surface area contributed by atoms with Crippen molar-refractivity contribution in [2.45, 2.75) is 65.1 Å². The smallest absolute Gasteiger partial charge is 0.191 e. The van der Waals surface area contributed by atoms with E-state index >= 15 is 0 Å². The zero-order valence-corrected chi connectivity index (χ0v) is 21.5. The fourth-order valence-corrected chi connectivity index (χ4v) is 4.99. The molecule has 5 nitrogen and oxygen atoms in total. The van der Waals surface area contributed by atoms with Crippen LogP contribution in [0.1, 0.15) is 51.3 Å². The molecular formula is C22H40IN5S. The minimum absolute atomic E-state index is 0. The normalized spacial score (nSPS) is 20.6. The number of nitrogens with zero attached hydrogens (tertiary/aromatic N) is 3. The summed E-state index contributed by atoms with van der Waals surface area (Å²) in [6, 6.07) is 5.62. The molecule has 2 fully saturated rings. The molecule has 2 aliphatic heterocycles. The summed E-state index contributed by atoms with van der Waals surface area (Å²) >= 11 is 1.87. The van der Waals surface area contributed by atoms with Gasteiger partial charge in [-0.05, 0) is 76.9 Å². The lowest BCUT2D eigenvalue weighted by Gasteiger charge is -2.35. The fraction of sp³-hybridized carbons (Fsp3) is 0.773. The van der Waals surface area contributed by atoms with Crippen LogP contribution in [0.15, 0.2) is 22.5 Å². The summed E-state index contributed by atoms with van der Waals surface area (Å²) in [5.41, 5.74) is 0. The van der Waals surface area contributed by atoms with E-state index in [1.54, 1.807) is 0 Å².